The molecule has 0 spiro atoms. The maximum absolute atomic E-state index is 12.3. The third kappa shape index (κ3) is 4.98. The molecule has 1 aliphatic rings. The van der Waals surface area contributed by atoms with E-state index in [1.807, 2.05) is 19.1 Å². The van der Waals surface area contributed by atoms with Crippen LogP contribution in [0.1, 0.15) is 21.5 Å². The number of carbonyl (C=O) groups is 1. The summed E-state index contributed by atoms with van der Waals surface area (Å²) in [7, 11) is 1.58. The van der Waals surface area contributed by atoms with Gasteiger partial charge in [-0.15, -0.1) is 0 Å². The monoisotopic (exact) mass is 479 g/mol. The van der Waals surface area contributed by atoms with Crippen LogP contribution >= 0.6 is 22.6 Å². The van der Waals surface area contributed by atoms with Gasteiger partial charge in [0.05, 0.1) is 30.1 Å². The van der Waals surface area contributed by atoms with Crippen molar-refractivity contribution in [1.82, 2.24) is 5.43 Å². The molecule has 0 unspecified atom stereocenters. The largest absolute Gasteiger partial charge is 0.496 e. The third-order valence-electron chi connectivity index (χ3n) is 4.41. The summed E-state index contributed by atoms with van der Waals surface area (Å²) in [6.07, 6.45) is 1.67. The minimum absolute atomic E-state index is 0.275. The topological polar surface area (TPSA) is 63.2 Å². The van der Waals surface area contributed by atoms with Crippen LogP contribution in [0.4, 0.5) is 5.69 Å². The lowest BCUT2D eigenvalue weighted by Crippen LogP contribution is -2.36. The fraction of sp³-hybridized carbons (Fsp3) is 0.300. The minimum atomic E-state index is -0.275. The highest BCUT2D eigenvalue weighted by atomic mass is 127. The van der Waals surface area contributed by atoms with Gasteiger partial charge in [-0.2, -0.15) is 5.10 Å². The third-order valence-corrected chi connectivity index (χ3v) is 5.30. The predicted octanol–water partition coefficient (Wildman–Crippen LogP) is 3.21. The minimum Gasteiger partial charge on any atom is -0.496 e. The van der Waals surface area contributed by atoms with Crippen molar-refractivity contribution < 1.29 is 14.3 Å². The standard InChI is InChI=1S/C20H22IN3O3/c1-14-11-17(24-7-9-27-10-8-24)5-3-16(14)13-22-23-20(25)15-4-6-18(21)19(12-15)26-2/h3-6,11-13H,7-10H2,1-2H3,(H,23,25)/b22-13+. The maximum atomic E-state index is 12.3. The molecule has 0 bridgehead atoms. The van der Waals surface area contributed by atoms with Crippen LogP contribution in [0.3, 0.4) is 0 Å². The van der Waals surface area contributed by atoms with Gasteiger partial charge in [0.25, 0.3) is 5.91 Å². The van der Waals surface area contributed by atoms with Crippen molar-refractivity contribution in [3.8, 4) is 5.75 Å². The van der Waals surface area contributed by atoms with Crippen molar-refractivity contribution in [2.45, 2.75) is 6.92 Å². The second-order valence-electron chi connectivity index (χ2n) is 6.19. The molecule has 0 saturated carbocycles. The van der Waals surface area contributed by atoms with Crippen LogP contribution in [0, 0.1) is 10.5 Å². The van der Waals surface area contributed by atoms with Gasteiger partial charge < -0.3 is 14.4 Å². The van der Waals surface area contributed by atoms with Gasteiger partial charge >= 0.3 is 0 Å². The average molecular weight is 479 g/mol. The van der Waals surface area contributed by atoms with Gasteiger partial charge in [-0.05, 0) is 71.0 Å². The van der Waals surface area contributed by atoms with E-state index in [4.69, 9.17) is 9.47 Å². The summed E-state index contributed by atoms with van der Waals surface area (Å²) in [5.41, 5.74) is 6.33. The van der Waals surface area contributed by atoms with Gasteiger partial charge in [0.1, 0.15) is 5.75 Å². The zero-order chi connectivity index (χ0) is 19.2. The second kappa shape index (κ2) is 9.18. The zero-order valence-corrected chi connectivity index (χ0v) is 17.5. The number of rotatable bonds is 5. The molecule has 0 atom stereocenters. The summed E-state index contributed by atoms with van der Waals surface area (Å²) in [5.74, 6) is 0.394. The average Bonchev–Trinajstić information content (AvgIpc) is 2.70. The summed E-state index contributed by atoms with van der Waals surface area (Å²) in [6, 6.07) is 11.5. The first-order chi connectivity index (χ1) is 13.1. The van der Waals surface area contributed by atoms with E-state index >= 15 is 0 Å². The fourth-order valence-corrected chi connectivity index (χ4v) is 3.40. The van der Waals surface area contributed by atoms with Crippen molar-refractivity contribution >= 4 is 40.4 Å². The van der Waals surface area contributed by atoms with Crippen molar-refractivity contribution in [3.05, 3.63) is 56.7 Å². The molecule has 0 aliphatic carbocycles. The Morgan fingerprint density at radius 1 is 1.26 bits per heavy atom. The normalized spacial score (nSPS) is 14.4. The van der Waals surface area contributed by atoms with E-state index in [1.165, 1.54) is 5.69 Å². The molecular weight excluding hydrogens is 457 g/mol. The molecule has 1 amide bonds. The van der Waals surface area contributed by atoms with Gasteiger partial charge in [-0.1, -0.05) is 6.07 Å². The molecule has 1 N–H and O–H groups in total. The Balaban J connectivity index is 1.64. The molecule has 0 aromatic heterocycles. The number of halogens is 1. The molecule has 1 heterocycles. The first-order valence-electron chi connectivity index (χ1n) is 8.69. The molecule has 3 rings (SSSR count). The molecule has 0 radical (unpaired) electrons. The van der Waals surface area contributed by atoms with E-state index in [0.29, 0.717) is 11.3 Å². The van der Waals surface area contributed by atoms with Gasteiger partial charge in [-0.3, -0.25) is 4.79 Å². The molecule has 2 aromatic rings. The molecule has 7 heteroatoms. The Morgan fingerprint density at radius 2 is 2.04 bits per heavy atom. The van der Waals surface area contributed by atoms with Crippen LogP contribution in [-0.4, -0.2) is 45.5 Å². The Morgan fingerprint density at radius 3 is 2.74 bits per heavy atom. The number of ether oxygens (including phenoxy) is 2. The molecule has 1 aliphatic heterocycles. The molecule has 6 nitrogen and oxygen atoms in total. The van der Waals surface area contributed by atoms with Gasteiger partial charge in [0, 0.05) is 24.3 Å². The number of anilines is 1. The van der Waals surface area contributed by atoms with Crippen molar-refractivity contribution in [2.75, 3.05) is 38.3 Å². The van der Waals surface area contributed by atoms with Crippen LogP contribution in [-0.2, 0) is 4.74 Å². The van der Waals surface area contributed by atoms with Crippen molar-refractivity contribution in [2.24, 2.45) is 5.10 Å². The van der Waals surface area contributed by atoms with E-state index < -0.39 is 0 Å². The summed E-state index contributed by atoms with van der Waals surface area (Å²) >= 11 is 2.16. The molecule has 1 saturated heterocycles. The van der Waals surface area contributed by atoms with E-state index in [2.05, 4.69) is 50.2 Å². The summed E-state index contributed by atoms with van der Waals surface area (Å²) in [6.45, 7) is 5.37. The maximum Gasteiger partial charge on any atom is 0.271 e. The number of methoxy groups -OCH3 is 1. The number of nitrogens with zero attached hydrogens (tertiary/aromatic N) is 2. The number of nitrogens with one attached hydrogen (secondary N) is 1. The van der Waals surface area contributed by atoms with Crippen LogP contribution in [0.2, 0.25) is 0 Å². The SMILES string of the molecule is COc1cc(C(=O)N/N=C/c2ccc(N3CCOCC3)cc2C)ccc1I. The van der Waals surface area contributed by atoms with Crippen molar-refractivity contribution in [3.63, 3.8) is 0 Å². The Kier molecular flexibility index (Phi) is 6.68. The number of aryl methyl sites for hydroxylation is 1. The number of morpholine rings is 1. The van der Waals surface area contributed by atoms with Gasteiger partial charge in [0.2, 0.25) is 0 Å². The number of amides is 1. The lowest BCUT2D eigenvalue weighted by molar-refractivity contribution is 0.0954. The van der Waals surface area contributed by atoms with E-state index in [1.54, 1.807) is 25.5 Å². The van der Waals surface area contributed by atoms with Crippen LogP contribution in [0.15, 0.2) is 41.5 Å². The van der Waals surface area contributed by atoms with E-state index in [9.17, 15) is 4.79 Å². The fourth-order valence-electron chi connectivity index (χ4n) is 2.85. The quantitative estimate of drug-likeness (QED) is 0.407. The highest BCUT2D eigenvalue weighted by Crippen LogP contribution is 2.22. The summed E-state index contributed by atoms with van der Waals surface area (Å²) < 4.78 is 11.6. The van der Waals surface area contributed by atoms with Gasteiger partial charge in [-0.25, -0.2) is 5.43 Å². The van der Waals surface area contributed by atoms with Crippen LogP contribution < -0.4 is 15.1 Å². The highest BCUT2D eigenvalue weighted by Gasteiger charge is 2.12. The van der Waals surface area contributed by atoms with Crippen LogP contribution in [0.5, 0.6) is 5.75 Å². The number of carbonyl (C=O) groups excluding carboxylic acids is 1. The zero-order valence-electron chi connectivity index (χ0n) is 15.4. The first-order valence-corrected chi connectivity index (χ1v) is 9.76. The smallest absolute Gasteiger partial charge is 0.271 e. The molecule has 142 valence electrons. The number of hydrogen-bond acceptors (Lipinski definition) is 5. The van der Waals surface area contributed by atoms with E-state index in [-0.39, 0.29) is 5.91 Å². The predicted molar refractivity (Wildman–Crippen MR) is 115 cm³/mol. The van der Waals surface area contributed by atoms with Gasteiger partial charge in [0.15, 0.2) is 0 Å². The van der Waals surface area contributed by atoms with Crippen LogP contribution in [0.25, 0.3) is 0 Å². The lowest BCUT2D eigenvalue weighted by Gasteiger charge is -2.29. The Bertz CT molecular complexity index is 848. The Hall–Kier alpha value is -2.13. The Labute approximate surface area is 172 Å². The first kappa shape index (κ1) is 19.6. The summed E-state index contributed by atoms with van der Waals surface area (Å²) in [4.78, 5) is 14.6. The molecule has 1 fully saturated rings. The molecule has 2 aromatic carbocycles. The summed E-state index contributed by atoms with van der Waals surface area (Å²) in [5, 5.41) is 4.10. The number of benzene rings is 2. The number of hydrogen-bond donors (Lipinski definition) is 1. The number of hydrazone groups is 1. The van der Waals surface area contributed by atoms with Crippen molar-refractivity contribution in [1.29, 1.82) is 0 Å². The second-order valence-corrected chi connectivity index (χ2v) is 7.35. The highest BCUT2D eigenvalue weighted by molar-refractivity contribution is 14.1. The lowest BCUT2D eigenvalue weighted by atomic mass is 10.1. The molecular formula is C20H22IN3O3. The van der Waals surface area contributed by atoms with E-state index in [0.717, 1.165) is 41.0 Å². The molecule has 27 heavy (non-hydrogen) atoms.